The first-order valence-electron chi connectivity index (χ1n) is 7.23. The van der Waals surface area contributed by atoms with E-state index >= 15 is 0 Å². The summed E-state index contributed by atoms with van der Waals surface area (Å²) < 4.78 is 5.46. The number of hydrogen-bond donors (Lipinski definition) is 1. The van der Waals surface area contributed by atoms with Gasteiger partial charge >= 0.3 is 0 Å². The standard InChI is InChI=1S/C16H21NO2/c1-2-19-13-5-3-4-12(9-13)16(18)14-10-6-7-11(8-10)15(14)17/h3-5,9-11,14-15H,2,6-8,17H2,1H3. The molecule has 2 N–H and O–H groups in total. The Kier molecular flexibility index (Phi) is 3.31. The summed E-state index contributed by atoms with van der Waals surface area (Å²) in [5.74, 6) is 2.07. The molecule has 0 saturated heterocycles. The smallest absolute Gasteiger partial charge is 0.167 e. The zero-order chi connectivity index (χ0) is 13.4. The minimum Gasteiger partial charge on any atom is -0.494 e. The van der Waals surface area contributed by atoms with E-state index in [2.05, 4.69) is 0 Å². The minimum absolute atomic E-state index is 0.0237. The highest BCUT2D eigenvalue weighted by Crippen LogP contribution is 2.48. The summed E-state index contributed by atoms with van der Waals surface area (Å²) in [6, 6.07) is 7.56. The molecule has 3 nitrogen and oxygen atoms in total. The van der Waals surface area contributed by atoms with Gasteiger partial charge in [-0.15, -0.1) is 0 Å². The highest BCUT2D eigenvalue weighted by molar-refractivity contribution is 5.99. The summed E-state index contributed by atoms with van der Waals surface area (Å²) in [4.78, 5) is 12.7. The van der Waals surface area contributed by atoms with E-state index in [0.717, 1.165) is 17.7 Å². The highest BCUT2D eigenvalue weighted by atomic mass is 16.5. The molecule has 0 aliphatic heterocycles. The van der Waals surface area contributed by atoms with Crippen LogP contribution in [-0.4, -0.2) is 18.4 Å². The van der Waals surface area contributed by atoms with Crippen LogP contribution in [0.5, 0.6) is 5.75 Å². The van der Waals surface area contributed by atoms with Gasteiger partial charge in [0.25, 0.3) is 0 Å². The Morgan fingerprint density at radius 1 is 1.37 bits per heavy atom. The number of carbonyl (C=O) groups is 1. The normalized spacial score (nSPS) is 32.5. The van der Waals surface area contributed by atoms with Crippen molar-refractivity contribution in [2.75, 3.05) is 6.61 Å². The molecule has 0 aromatic heterocycles. The lowest BCUT2D eigenvalue weighted by Gasteiger charge is -2.27. The number of benzene rings is 1. The SMILES string of the molecule is CCOc1cccc(C(=O)C2C3CCC(C3)C2N)c1. The highest BCUT2D eigenvalue weighted by Gasteiger charge is 2.49. The van der Waals surface area contributed by atoms with Crippen LogP contribution in [0.3, 0.4) is 0 Å². The van der Waals surface area contributed by atoms with E-state index < -0.39 is 0 Å². The number of nitrogens with two attached hydrogens (primary N) is 1. The lowest BCUT2D eigenvalue weighted by molar-refractivity contribution is 0.0855. The van der Waals surface area contributed by atoms with Crippen molar-refractivity contribution in [3.63, 3.8) is 0 Å². The summed E-state index contributed by atoms with van der Waals surface area (Å²) >= 11 is 0. The monoisotopic (exact) mass is 259 g/mol. The van der Waals surface area contributed by atoms with E-state index in [0.29, 0.717) is 18.4 Å². The second-order valence-corrected chi connectivity index (χ2v) is 5.76. The van der Waals surface area contributed by atoms with Crippen molar-refractivity contribution in [3.8, 4) is 5.75 Å². The Morgan fingerprint density at radius 3 is 2.84 bits per heavy atom. The van der Waals surface area contributed by atoms with Crippen LogP contribution in [0.1, 0.15) is 36.5 Å². The fourth-order valence-corrected chi connectivity index (χ4v) is 3.82. The van der Waals surface area contributed by atoms with E-state index in [4.69, 9.17) is 10.5 Å². The van der Waals surface area contributed by atoms with Crippen molar-refractivity contribution < 1.29 is 9.53 Å². The van der Waals surface area contributed by atoms with Gasteiger partial charge in [-0.25, -0.2) is 0 Å². The second-order valence-electron chi connectivity index (χ2n) is 5.76. The molecule has 1 aromatic rings. The maximum absolute atomic E-state index is 12.7. The zero-order valence-corrected chi connectivity index (χ0v) is 11.3. The number of Topliss-reactive ketones (excluding diaryl/α,β-unsaturated/α-hetero) is 1. The van der Waals surface area contributed by atoms with Gasteiger partial charge in [-0.1, -0.05) is 12.1 Å². The molecule has 1 aromatic carbocycles. The molecule has 4 atom stereocenters. The molecule has 3 heteroatoms. The van der Waals surface area contributed by atoms with Crippen LogP contribution in [0.2, 0.25) is 0 Å². The number of rotatable bonds is 4. The molecule has 102 valence electrons. The van der Waals surface area contributed by atoms with Crippen molar-refractivity contribution in [1.82, 2.24) is 0 Å². The topological polar surface area (TPSA) is 52.3 Å². The van der Waals surface area contributed by atoms with Crippen molar-refractivity contribution >= 4 is 5.78 Å². The lowest BCUT2D eigenvalue weighted by Crippen LogP contribution is -2.40. The molecule has 0 heterocycles. The van der Waals surface area contributed by atoms with Crippen LogP contribution in [0, 0.1) is 17.8 Å². The molecule has 2 aliphatic carbocycles. The molecule has 2 bridgehead atoms. The average Bonchev–Trinajstić information content (AvgIpc) is 2.99. The van der Waals surface area contributed by atoms with Crippen LogP contribution in [-0.2, 0) is 0 Å². The summed E-state index contributed by atoms with van der Waals surface area (Å²) in [6.45, 7) is 2.56. The number of fused-ring (bicyclic) bond motifs is 2. The molecule has 2 saturated carbocycles. The molecule has 4 unspecified atom stereocenters. The Hall–Kier alpha value is -1.35. The van der Waals surface area contributed by atoms with E-state index in [1.54, 1.807) is 0 Å². The molecule has 19 heavy (non-hydrogen) atoms. The fourth-order valence-electron chi connectivity index (χ4n) is 3.82. The Labute approximate surface area is 114 Å². The van der Waals surface area contributed by atoms with E-state index in [-0.39, 0.29) is 17.7 Å². The van der Waals surface area contributed by atoms with Gasteiger partial charge < -0.3 is 10.5 Å². The van der Waals surface area contributed by atoms with Gasteiger partial charge in [-0.3, -0.25) is 4.79 Å². The maximum atomic E-state index is 12.7. The molecule has 3 rings (SSSR count). The van der Waals surface area contributed by atoms with Crippen molar-refractivity contribution in [2.45, 2.75) is 32.2 Å². The molecular formula is C16H21NO2. The zero-order valence-electron chi connectivity index (χ0n) is 11.3. The lowest BCUT2D eigenvalue weighted by atomic mass is 9.80. The summed E-state index contributed by atoms with van der Waals surface area (Å²) in [7, 11) is 0. The molecule has 2 fully saturated rings. The van der Waals surface area contributed by atoms with Crippen molar-refractivity contribution in [2.24, 2.45) is 23.5 Å². The first-order chi connectivity index (χ1) is 9.20. The second kappa shape index (κ2) is 4.97. The van der Waals surface area contributed by atoms with Crippen LogP contribution in [0.25, 0.3) is 0 Å². The van der Waals surface area contributed by atoms with Gasteiger partial charge in [0.05, 0.1) is 6.61 Å². The quantitative estimate of drug-likeness (QED) is 0.846. The maximum Gasteiger partial charge on any atom is 0.167 e. The fraction of sp³-hybridized carbons (Fsp3) is 0.562. The van der Waals surface area contributed by atoms with Crippen molar-refractivity contribution in [3.05, 3.63) is 29.8 Å². The van der Waals surface area contributed by atoms with Crippen LogP contribution < -0.4 is 10.5 Å². The third-order valence-corrected chi connectivity index (χ3v) is 4.71. The average molecular weight is 259 g/mol. The molecule has 0 spiro atoms. The van der Waals surface area contributed by atoms with Crippen LogP contribution >= 0.6 is 0 Å². The Balaban J connectivity index is 1.82. The van der Waals surface area contributed by atoms with Gasteiger partial charge in [0, 0.05) is 17.5 Å². The molecule has 2 aliphatic rings. The number of hydrogen-bond acceptors (Lipinski definition) is 3. The Bertz CT molecular complexity index is 483. The third-order valence-electron chi connectivity index (χ3n) is 4.71. The third kappa shape index (κ3) is 2.16. The van der Waals surface area contributed by atoms with E-state index in [1.165, 1.54) is 12.8 Å². The van der Waals surface area contributed by atoms with Gasteiger partial charge in [0.1, 0.15) is 5.75 Å². The first kappa shape index (κ1) is 12.7. The largest absolute Gasteiger partial charge is 0.494 e. The van der Waals surface area contributed by atoms with Gasteiger partial charge in [0.15, 0.2) is 5.78 Å². The summed E-state index contributed by atoms with van der Waals surface area (Å²) in [6.07, 6.45) is 3.51. The minimum atomic E-state index is 0.0237. The number of carbonyl (C=O) groups excluding carboxylic acids is 1. The summed E-state index contributed by atoms with van der Waals surface area (Å²) in [5, 5.41) is 0. The Morgan fingerprint density at radius 2 is 2.16 bits per heavy atom. The van der Waals surface area contributed by atoms with Gasteiger partial charge in [0.2, 0.25) is 0 Å². The molecular weight excluding hydrogens is 238 g/mol. The molecule has 0 radical (unpaired) electrons. The number of ketones is 1. The first-order valence-corrected chi connectivity index (χ1v) is 7.23. The van der Waals surface area contributed by atoms with Gasteiger partial charge in [-0.05, 0) is 50.2 Å². The number of ether oxygens (including phenoxy) is 1. The molecule has 0 amide bonds. The van der Waals surface area contributed by atoms with Crippen LogP contribution in [0.4, 0.5) is 0 Å². The van der Waals surface area contributed by atoms with Crippen LogP contribution in [0.15, 0.2) is 24.3 Å². The predicted molar refractivity (Wildman–Crippen MR) is 74.2 cm³/mol. The predicted octanol–water partition coefficient (Wildman–Crippen LogP) is 2.64. The summed E-state index contributed by atoms with van der Waals surface area (Å²) in [5.41, 5.74) is 7.00. The van der Waals surface area contributed by atoms with E-state index in [9.17, 15) is 4.79 Å². The van der Waals surface area contributed by atoms with Crippen molar-refractivity contribution in [1.29, 1.82) is 0 Å². The van der Waals surface area contributed by atoms with E-state index in [1.807, 2.05) is 31.2 Å². The van der Waals surface area contributed by atoms with Gasteiger partial charge in [-0.2, -0.15) is 0 Å².